The molecule has 0 saturated carbocycles. The minimum absolute atomic E-state index is 0.466. The summed E-state index contributed by atoms with van der Waals surface area (Å²) in [6, 6.07) is 0. The first-order chi connectivity index (χ1) is 6.24. The molecule has 0 aromatic carbocycles. The van der Waals surface area contributed by atoms with Gasteiger partial charge in [0.15, 0.2) is 0 Å². The second-order valence-electron chi connectivity index (χ2n) is 3.70. The summed E-state index contributed by atoms with van der Waals surface area (Å²) in [6.45, 7) is 8.51. The standard InChI is InChI=1S/C11H23BrO/c1-4-8-13-9-7-11(5-2,6-3)10-12/h4-10H2,1-3H3. The summed E-state index contributed by atoms with van der Waals surface area (Å²) < 4.78 is 5.52. The average molecular weight is 251 g/mol. The highest BCUT2D eigenvalue weighted by Gasteiger charge is 2.23. The van der Waals surface area contributed by atoms with Crippen molar-refractivity contribution in [3.63, 3.8) is 0 Å². The van der Waals surface area contributed by atoms with Gasteiger partial charge in [0.25, 0.3) is 0 Å². The van der Waals surface area contributed by atoms with E-state index < -0.39 is 0 Å². The molecule has 0 aromatic heterocycles. The third-order valence-corrected chi connectivity index (χ3v) is 4.10. The molecule has 13 heavy (non-hydrogen) atoms. The first-order valence-electron chi connectivity index (χ1n) is 5.38. The van der Waals surface area contributed by atoms with E-state index in [0.717, 1.165) is 25.0 Å². The van der Waals surface area contributed by atoms with Crippen LogP contribution in [-0.2, 0) is 4.74 Å². The van der Waals surface area contributed by atoms with Gasteiger partial charge < -0.3 is 4.74 Å². The number of ether oxygens (including phenoxy) is 1. The molecule has 0 heterocycles. The van der Waals surface area contributed by atoms with Crippen molar-refractivity contribution in [2.75, 3.05) is 18.5 Å². The van der Waals surface area contributed by atoms with Gasteiger partial charge in [-0.2, -0.15) is 0 Å². The fourth-order valence-corrected chi connectivity index (χ4v) is 2.47. The molecular weight excluding hydrogens is 228 g/mol. The first-order valence-corrected chi connectivity index (χ1v) is 6.50. The van der Waals surface area contributed by atoms with Gasteiger partial charge >= 0.3 is 0 Å². The van der Waals surface area contributed by atoms with Crippen molar-refractivity contribution in [1.29, 1.82) is 0 Å². The molecule has 0 radical (unpaired) electrons. The van der Waals surface area contributed by atoms with Gasteiger partial charge in [-0.25, -0.2) is 0 Å². The van der Waals surface area contributed by atoms with Gasteiger partial charge in [-0.15, -0.1) is 0 Å². The van der Waals surface area contributed by atoms with Gasteiger partial charge in [0.1, 0.15) is 0 Å². The van der Waals surface area contributed by atoms with Crippen LogP contribution in [0.3, 0.4) is 0 Å². The van der Waals surface area contributed by atoms with E-state index in [-0.39, 0.29) is 0 Å². The zero-order chi connectivity index (χ0) is 10.2. The summed E-state index contributed by atoms with van der Waals surface area (Å²) >= 11 is 3.61. The molecule has 80 valence electrons. The SMILES string of the molecule is CCCOCCC(CC)(CC)CBr. The van der Waals surface area contributed by atoms with Crippen LogP contribution in [0.25, 0.3) is 0 Å². The second-order valence-corrected chi connectivity index (χ2v) is 4.26. The van der Waals surface area contributed by atoms with Gasteiger partial charge in [0, 0.05) is 18.5 Å². The average Bonchev–Trinajstić information content (AvgIpc) is 2.20. The quantitative estimate of drug-likeness (QED) is 0.468. The third-order valence-electron chi connectivity index (χ3n) is 2.91. The molecule has 2 heteroatoms. The zero-order valence-electron chi connectivity index (χ0n) is 9.24. The van der Waals surface area contributed by atoms with E-state index in [0.29, 0.717) is 5.41 Å². The lowest BCUT2D eigenvalue weighted by Gasteiger charge is -2.29. The van der Waals surface area contributed by atoms with Crippen LogP contribution in [0.2, 0.25) is 0 Å². The Hall–Kier alpha value is 0.440. The lowest BCUT2D eigenvalue weighted by Crippen LogP contribution is -2.23. The number of hydrogen-bond donors (Lipinski definition) is 0. The summed E-state index contributed by atoms with van der Waals surface area (Å²) in [4.78, 5) is 0. The maximum atomic E-state index is 5.52. The van der Waals surface area contributed by atoms with Crippen LogP contribution in [0.4, 0.5) is 0 Å². The number of rotatable bonds is 8. The van der Waals surface area contributed by atoms with E-state index in [9.17, 15) is 0 Å². The van der Waals surface area contributed by atoms with Gasteiger partial charge in [0.2, 0.25) is 0 Å². The molecule has 0 amide bonds. The molecule has 1 nitrogen and oxygen atoms in total. The fourth-order valence-electron chi connectivity index (χ4n) is 1.39. The molecule has 0 aliphatic heterocycles. The normalized spacial score (nSPS) is 12.0. The van der Waals surface area contributed by atoms with Crippen molar-refractivity contribution in [3.8, 4) is 0 Å². The Labute approximate surface area is 91.4 Å². The van der Waals surface area contributed by atoms with E-state index in [1.54, 1.807) is 0 Å². The van der Waals surface area contributed by atoms with Gasteiger partial charge in [0.05, 0.1) is 0 Å². The summed E-state index contributed by atoms with van der Waals surface area (Å²) in [6.07, 6.45) is 4.79. The smallest absolute Gasteiger partial charge is 0.0471 e. The van der Waals surface area contributed by atoms with Crippen molar-refractivity contribution < 1.29 is 4.74 Å². The van der Waals surface area contributed by atoms with E-state index in [1.807, 2.05) is 0 Å². The van der Waals surface area contributed by atoms with Crippen molar-refractivity contribution in [3.05, 3.63) is 0 Å². The van der Waals surface area contributed by atoms with Crippen LogP contribution in [0.5, 0.6) is 0 Å². The Balaban J connectivity index is 3.68. The van der Waals surface area contributed by atoms with Crippen molar-refractivity contribution in [1.82, 2.24) is 0 Å². The predicted octanol–water partition coefficient (Wildman–Crippen LogP) is 4.00. The molecule has 0 atom stereocenters. The first kappa shape index (κ1) is 13.4. The van der Waals surface area contributed by atoms with Crippen LogP contribution in [0.1, 0.15) is 46.5 Å². The highest BCUT2D eigenvalue weighted by Crippen LogP contribution is 2.32. The van der Waals surface area contributed by atoms with Gasteiger partial charge in [-0.05, 0) is 31.1 Å². The van der Waals surface area contributed by atoms with Crippen LogP contribution in [0, 0.1) is 5.41 Å². The molecule has 0 fully saturated rings. The molecule has 0 saturated heterocycles. The molecule has 0 spiro atoms. The van der Waals surface area contributed by atoms with Crippen molar-refractivity contribution >= 4 is 15.9 Å². The Morgan fingerprint density at radius 3 is 2.08 bits per heavy atom. The van der Waals surface area contributed by atoms with Crippen LogP contribution >= 0.6 is 15.9 Å². The third kappa shape index (κ3) is 5.02. The van der Waals surface area contributed by atoms with Gasteiger partial charge in [-0.1, -0.05) is 36.7 Å². The summed E-state index contributed by atoms with van der Waals surface area (Å²) in [5, 5.41) is 1.10. The molecule has 0 aliphatic carbocycles. The minimum atomic E-state index is 0.466. The molecule has 0 aliphatic rings. The van der Waals surface area contributed by atoms with Crippen molar-refractivity contribution in [2.24, 2.45) is 5.41 Å². The lowest BCUT2D eigenvalue weighted by molar-refractivity contribution is 0.0979. The summed E-state index contributed by atoms with van der Waals surface area (Å²) in [7, 11) is 0. The maximum absolute atomic E-state index is 5.52. The summed E-state index contributed by atoms with van der Waals surface area (Å²) in [5.74, 6) is 0. The predicted molar refractivity (Wildman–Crippen MR) is 62.5 cm³/mol. The Morgan fingerprint density at radius 1 is 1.08 bits per heavy atom. The Bertz CT molecular complexity index is 102. The summed E-state index contributed by atoms with van der Waals surface area (Å²) in [5.41, 5.74) is 0.466. The molecule has 0 unspecified atom stereocenters. The zero-order valence-corrected chi connectivity index (χ0v) is 10.8. The van der Waals surface area contributed by atoms with Crippen molar-refractivity contribution in [2.45, 2.75) is 46.5 Å². The van der Waals surface area contributed by atoms with E-state index in [4.69, 9.17) is 4.74 Å². The molecule has 0 bridgehead atoms. The Kier molecular flexibility index (Phi) is 8.07. The monoisotopic (exact) mass is 250 g/mol. The second kappa shape index (κ2) is 7.81. The minimum Gasteiger partial charge on any atom is -0.381 e. The van der Waals surface area contributed by atoms with Crippen LogP contribution in [-0.4, -0.2) is 18.5 Å². The van der Waals surface area contributed by atoms with E-state index >= 15 is 0 Å². The number of alkyl halides is 1. The van der Waals surface area contributed by atoms with Crippen LogP contribution in [0.15, 0.2) is 0 Å². The van der Waals surface area contributed by atoms with E-state index in [1.165, 1.54) is 19.3 Å². The highest BCUT2D eigenvalue weighted by molar-refractivity contribution is 9.09. The molecule has 0 aromatic rings. The number of hydrogen-bond acceptors (Lipinski definition) is 1. The molecule has 0 N–H and O–H groups in total. The van der Waals surface area contributed by atoms with Gasteiger partial charge in [-0.3, -0.25) is 0 Å². The molecular formula is C11H23BrO. The maximum Gasteiger partial charge on any atom is 0.0471 e. The largest absolute Gasteiger partial charge is 0.381 e. The topological polar surface area (TPSA) is 9.23 Å². The van der Waals surface area contributed by atoms with Crippen LogP contribution < -0.4 is 0 Å². The lowest BCUT2D eigenvalue weighted by atomic mass is 9.82. The molecule has 0 rings (SSSR count). The fraction of sp³-hybridized carbons (Fsp3) is 1.00. The Morgan fingerprint density at radius 2 is 1.69 bits per heavy atom. The highest BCUT2D eigenvalue weighted by atomic mass is 79.9. The van der Waals surface area contributed by atoms with E-state index in [2.05, 4.69) is 36.7 Å². The number of halogens is 1.